The number of Topliss-reactive ketones (excluding diaryl/α,β-unsaturated/α-hetero) is 1. The molecule has 3 rings (SSSR count). The Hall–Kier alpha value is -0.900. The van der Waals surface area contributed by atoms with E-state index >= 15 is 0 Å². The van der Waals surface area contributed by atoms with Crippen molar-refractivity contribution in [2.75, 3.05) is 5.33 Å². The van der Waals surface area contributed by atoms with Gasteiger partial charge in [-0.2, -0.15) is 0 Å². The van der Waals surface area contributed by atoms with Crippen LogP contribution in [-0.2, 0) is 13.0 Å². The number of hydrogen-bond donors (Lipinski definition) is 0. The molecule has 1 fully saturated rings. The van der Waals surface area contributed by atoms with E-state index < -0.39 is 0 Å². The molecule has 1 heterocycles. The van der Waals surface area contributed by atoms with Crippen LogP contribution in [-0.4, -0.2) is 15.7 Å². The average molecular weight is 352 g/mol. The number of nitrogens with zero attached hydrogens (tertiary/aromatic N) is 1. The van der Waals surface area contributed by atoms with E-state index in [0.717, 1.165) is 36.0 Å². The fourth-order valence-corrected chi connectivity index (χ4v) is 4.58. The normalized spacial score (nSPS) is 21.1. The number of carbonyl (C=O) groups excluding carboxylic acids is 1. The van der Waals surface area contributed by atoms with Crippen molar-refractivity contribution in [1.82, 2.24) is 4.57 Å². The van der Waals surface area contributed by atoms with Crippen LogP contribution >= 0.6 is 15.9 Å². The Morgan fingerprint density at radius 3 is 2.52 bits per heavy atom. The minimum absolute atomic E-state index is 0.0503. The molecule has 0 N–H and O–H groups in total. The summed E-state index contributed by atoms with van der Waals surface area (Å²) >= 11 is 3.68. The Kier molecular flexibility index (Phi) is 4.34. The SMILES string of the molecule is O=C1CCCc2c1ccc(=O)n2CC1(CBr)CCCCC1. The summed E-state index contributed by atoms with van der Waals surface area (Å²) in [5.74, 6) is 0.196. The van der Waals surface area contributed by atoms with Crippen LogP contribution in [0.15, 0.2) is 16.9 Å². The Morgan fingerprint density at radius 2 is 1.81 bits per heavy atom. The van der Waals surface area contributed by atoms with Gasteiger partial charge >= 0.3 is 0 Å². The van der Waals surface area contributed by atoms with E-state index in [1.807, 2.05) is 4.57 Å². The molecule has 2 aliphatic rings. The summed E-state index contributed by atoms with van der Waals surface area (Å²) < 4.78 is 1.90. The summed E-state index contributed by atoms with van der Waals surface area (Å²) in [6.07, 6.45) is 8.48. The zero-order valence-corrected chi connectivity index (χ0v) is 14.0. The number of halogens is 1. The predicted molar refractivity (Wildman–Crippen MR) is 87.3 cm³/mol. The highest BCUT2D eigenvalue weighted by molar-refractivity contribution is 9.09. The third-order valence-corrected chi connectivity index (χ3v) is 6.29. The lowest BCUT2D eigenvalue weighted by molar-refractivity contribution is 0.0968. The van der Waals surface area contributed by atoms with Crippen LogP contribution in [0.25, 0.3) is 0 Å². The Morgan fingerprint density at radius 1 is 1.05 bits per heavy atom. The van der Waals surface area contributed by atoms with Gasteiger partial charge in [0.2, 0.25) is 0 Å². The topological polar surface area (TPSA) is 39.1 Å². The van der Waals surface area contributed by atoms with Gasteiger partial charge in [0.1, 0.15) is 0 Å². The maximum atomic E-state index is 12.4. The molecule has 1 saturated carbocycles. The van der Waals surface area contributed by atoms with Crippen LogP contribution in [0.5, 0.6) is 0 Å². The zero-order chi connectivity index (χ0) is 14.9. The lowest BCUT2D eigenvalue weighted by Gasteiger charge is -2.37. The fraction of sp³-hybridized carbons (Fsp3) is 0.647. The summed E-state index contributed by atoms with van der Waals surface area (Å²) in [5, 5.41) is 0.935. The molecule has 4 heteroatoms. The van der Waals surface area contributed by atoms with Gasteiger partial charge in [-0.05, 0) is 37.2 Å². The summed E-state index contributed by atoms with van der Waals surface area (Å²) in [7, 11) is 0. The van der Waals surface area contributed by atoms with Gasteiger partial charge in [-0.25, -0.2) is 0 Å². The molecule has 0 aromatic carbocycles. The maximum Gasteiger partial charge on any atom is 0.250 e. The molecule has 0 unspecified atom stereocenters. The molecule has 0 saturated heterocycles. The number of pyridine rings is 1. The largest absolute Gasteiger partial charge is 0.311 e. The van der Waals surface area contributed by atoms with Crippen LogP contribution in [0.1, 0.15) is 61.0 Å². The van der Waals surface area contributed by atoms with Gasteiger partial charge in [-0.3, -0.25) is 9.59 Å². The molecule has 1 aromatic rings. The molecule has 0 aliphatic heterocycles. The van der Waals surface area contributed by atoms with E-state index in [1.165, 1.54) is 32.1 Å². The van der Waals surface area contributed by atoms with Crippen molar-refractivity contribution in [2.45, 2.75) is 57.9 Å². The third kappa shape index (κ3) is 2.87. The molecule has 0 spiro atoms. The zero-order valence-electron chi connectivity index (χ0n) is 12.4. The number of fused-ring (bicyclic) bond motifs is 1. The summed E-state index contributed by atoms with van der Waals surface area (Å²) in [4.78, 5) is 24.4. The number of rotatable bonds is 3. The van der Waals surface area contributed by atoms with E-state index in [9.17, 15) is 9.59 Å². The van der Waals surface area contributed by atoms with Gasteiger partial charge in [-0.15, -0.1) is 0 Å². The average Bonchev–Trinajstić information content (AvgIpc) is 2.51. The summed E-state index contributed by atoms with van der Waals surface area (Å²) in [6.45, 7) is 0.757. The van der Waals surface area contributed by atoms with Crippen molar-refractivity contribution in [3.63, 3.8) is 0 Å². The number of alkyl halides is 1. The number of aromatic nitrogens is 1. The third-order valence-electron chi connectivity index (χ3n) is 5.10. The second kappa shape index (κ2) is 6.07. The number of carbonyl (C=O) groups is 1. The molecule has 0 atom stereocenters. The van der Waals surface area contributed by atoms with Crippen molar-refractivity contribution in [3.05, 3.63) is 33.7 Å². The van der Waals surface area contributed by atoms with Gasteiger partial charge in [0.25, 0.3) is 5.56 Å². The van der Waals surface area contributed by atoms with Crippen LogP contribution in [0.4, 0.5) is 0 Å². The van der Waals surface area contributed by atoms with Gasteiger partial charge in [-0.1, -0.05) is 35.2 Å². The molecule has 1 aromatic heterocycles. The first kappa shape index (κ1) is 15.0. The maximum absolute atomic E-state index is 12.4. The van der Waals surface area contributed by atoms with Crippen molar-refractivity contribution in [3.8, 4) is 0 Å². The molecule has 0 amide bonds. The highest BCUT2D eigenvalue weighted by atomic mass is 79.9. The van der Waals surface area contributed by atoms with Crippen LogP contribution < -0.4 is 5.56 Å². The van der Waals surface area contributed by atoms with Crippen LogP contribution in [0.3, 0.4) is 0 Å². The van der Waals surface area contributed by atoms with E-state index in [1.54, 1.807) is 12.1 Å². The Bertz CT molecular complexity index is 599. The minimum atomic E-state index is 0.0503. The molecular weight excluding hydrogens is 330 g/mol. The van der Waals surface area contributed by atoms with Crippen molar-refractivity contribution >= 4 is 21.7 Å². The van der Waals surface area contributed by atoms with E-state index in [-0.39, 0.29) is 16.8 Å². The molecule has 21 heavy (non-hydrogen) atoms. The lowest BCUT2D eigenvalue weighted by atomic mass is 9.75. The van der Waals surface area contributed by atoms with Crippen molar-refractivity contribution in [2.24, 2.45) is 5.41 Å². The van der Waals surface area contributed by atoms with Crippen molar-refractivity contribution in [1.29, 1.82) is 0 Å². The van der Waals surface area contributed by atoms with Crippen LogP contribution in [0.2, 0.25) is 0 Å². The fourth-order valence-electron chi connectivity index (χ4n) is 3.84. The summed E-state index contributed by atoms with van der Waals surface area (Å²) in [5.41, 5.74) is 1.98. The molecule has 0 radical (unpaired) electrons. The molecule has 114 valence electrons. The molecule has 3 nitrogen and oxygen atoms in total. The standard InChI is InChI=1S/C17H22BrNO2/c18-11-17(9-2-1-3-10-17)12-19-14-5-4-6-15(20)13(14)7-8-16(19)21/h7-8H,1-6,9-12H2. The highest BCUT2D eigenvalue weighted by Crippen LogP contribution is 2.39. The predicted octanol–water partition coefficient (Wildman–Crippen LogP) is 3.71. The number of ketones is 1. The van der Waals surface area contributed by atoms with Gasteiger partial charge < -0.3 is 4.57 Å². The first-order valence-corrected chi connectivity index (χ1v) is 9.09. The first-order chi connectivity index (χ1) is 10.2. The molecule has 0 bridgehead atoms. The quantitative estimate of drug-likeness (QED) is 0.778. The Labute approximate surface area is 133 Å². The number of hydrogen-bond acceptors (Lipinski definition) is 2. The second-order valence-electron chi connectivity index (χ2n) is 6.59. The van der Waals surface area contributed by atoms with Gasteiger partial charge in [0.05, 0.1) is 0 Å². The lowest BCUT2D eigenvalue weighted by Crippen LogP contribution is -2.38. The molecular formula is C17H22BrNO2. The van der Waals surface area contributed by atoms with Gasteiger partial charge in [0.15, 0.2) is 5.78 Å². The van der Waals surface area contributed by atoms with E-state index in [0.29, 0.717) is 6.42 Å². The van der Waals surface area contributed by atoms with Gasteiger partial charge in [0, 0.05) is 35.6 Å². The van der Waals surface area contributed by atoms with Crippen LogP contribution in [0, 0.1) is 5.41 Å². The summed E-state index contributed by atoms with van der Waals surface area (Å²) in [6, 6.07) is 3.31. The van der Waals surface area contributed by atoms with E-state index in [4.69, 9.17) is 0 Å². The first-order valence-electron chi connectivity index (χ1n) is 7.97. The highest BCUT2D eigenvalue weighted by Gasteiger charge is 2.33. The van der Waals surface area contributed by atoms with E-state index in [2.05, 4.69) is 15.9 Å². The second-order valence-corrected chi connectivity index (χ2v) is 7.15. The van der Waals surface area contributed by atoms with Crippen molar-refractivity contribution < 1.29 is 4.79 Å². The Balaban J connectivity index is 2.00. The smallest absolute Gasteiger partial charge is 0.250 e. The minimum Gasteiger partial charge on any atom is -0.311 e. The monoisotopic (exact) mass is 351 g/mol. The molecule has 2 aliphatic carbocycles.